The van der Waals surface area contributed by atoms with E-state index in [9.17, 15) is 0 Å². The van der Waals surface area contributed by atoms with Gasteiger partial charge >= 0.3 is 0 Å². The van der Waals surface area contributed by atoms with Gasteiger partial charge in [0.1, 0.15) is 5.82 Å². The molecule has 0 fully saturated rings. The highest BCUT2D eigenvalue weighted by Crippen LogP contribution is 2.28. The van der Waals surface area contributed by atoms with Gasteiger partial charge in [-0.05, 0) is 59.8 Å². The van der Waals surface area contributed by atoms with Crippen molar-refractivity contribution in [1.82, 2.24) is 4.98 Å². The lowest BCUT2D eigenvalue weighted by molar-refractivity contribution is 0.675. The summed E-state index contributed by atoms with van der Waals surface area (Å²) in [6, 6.07) is 6.79. The molecule has 0 atom stereocenters. The number of pyridine rings is 1. The predicted octanol–water partition coefficient (Wildman–Crippen LogP) is 4.63. The Morgan fingerprint density at radius 2 is 2.22 bits per heavy atom. The summed E-state index contributed by atoms with van der Waals surface area (Å²) >= 11 is 5.41. The zero-order valence-electron chi connectivity index (χ0n) is 10.9. The Morgan fingerprint density at radius 3 is 2.78 bits per heavy atom. The van der Waals surface area contributed by atoms with Gasteiger partial charge in [-0.1, -0.05) is 6.07 Å². The summed E-state index contributed by atoms with van der Waals surface area (Å²) in [5.74, 6) is 1.02. The fourth-order valence-corrected chi connectivity index (χ4v) is 3.20. The number of nitrogens with zero attached hydrogens (tertiary/aromatic N) is 2. The largest absolute Gasteiger partial charge is 0.348 e. The van der Waals surface area contributed by atoms with Gasteiger partial charge in [-0.2, -0.15) is 0 Å². The standard InChI is InChI=1S/C14H17BrN2S/c1-10(2)17(9-12-5-4-6-18-12)14-13(15)7-11(3)8-16-14/h4-8,10H,9H2,1-3H3. The van der Waals surface area contributed by atoms with E-state index < -0.39 is 0 Å². The van der Waals surface area contributed by atoms with Gasteiger partial charge in [-0.25, -0.2) is 4.98 Å². The van der Waals surface area contributed by atoms with E-state index in [0.29, 0.717) is 6.04 Å². The van der Waals surface area contributed by atoms with E-state index >= 15 is 0 Å². The fraction of sp³-hybridized carbons (Fsp3) is 0.357. The topological polar surface area (TPSA) is 16.1 Å². The van der Waals surface area contributed by atoms with Gasteiger partial charge in [0, 0.05) is 17.1 Å². The summed E-state index contributed by atoms with van der Waals surface area (Å²) in [7, 11) is 0. The first kappa shape index (κ1) is 13.6. The van der Waals surface area contributed by atoms with Crippen LogP contribution in [0, 0.1) is 6.92 Å². The van der Waals surface area contributed by atoms with Crippen LogP contribution in [0.3, 0.4) is 0 Å². The third-order valence-corrected chi connectivity index (χ3v) is 4.20. The second-order valence-corrected chi connectivity index (χ2v) is 6.51. The Balaban J connectivity index is 2.29. The molecular weight excluding hydrogens is 308 g/mol. The van der Waals surface area contributed by atoms with Gasteiger partial charge in [0.15, 0.2) is 0 Å². The molecule has 0 aliphatic heterocycles. The van der Waals surface area contributed by atoms with Crippen molar-refractivity contribution in [3.05, 3.63) is 44.7 Å². The molecule has 0 amide bonds. The smallest absolute Gasteiger partial charge is 0.143 e. The van der Waals surface area contributed by atoms with E-state index in [-0.39, 0.29) is 0 Å². The number of aromatic nitrogens is 1. The highest BCUT2D eigenvalue weighted by molar-refractivity contribution is 9.10. The zero-order chi connectivity index (χ0) is 13.1. The van der Waals surface area contributed by atoms with Crippen molar-refractivity contribution >= 4 is 33.1 Å². The number of aryl methyl sites for hydroxylation is 1. The van der Waals surface area contributed by atoms with Crippen LogP contribution in [0.15, 0.2) is 34.2 Å². The van der Waals surface area contributed by atoms with Crippen molar-refractivity contribution in [2.75, 3.05) is 4.90 Å². The monoisotopic (exact) mass is 324 g/mol. The van der Waals surface area contributed by atoms with Gasteiger partial charge < -0.3 is 4.90 Å². The van der Waals surface area contributed by atoms with E-state index in [1.165, 1.54) is 10.4 Å². The Labute approximate surface area is 121 Å². The molecule has 2 rings (SSSR count). The Hall–Kier alpha value is -0.870. The molecule has 0 spiro atoms. The highest BCUT2D eigenvalue weighted by atomic mass is 79.9. The molecule has 18 heavy (non-hydrogen) atoms. The lowest BCUT2D eigenvalue weighted by atomic mass is 10.2. The summed E-state index contributed by atoms with van der Waals surface area (Å²) in [5.41, 5.74) is 1.17. The molecule has 2 aromatic heterocycles. The highest BCUT2D eigenvalue weighted by Gasteiger charge is 2.16. The normalized spacial score (nSPS) is 10.9. The lowest BCUT2D eigenvalue weighted by Crippen LogP contribution is -2.30. The van der Waals surface area contributed by atoms with Crippen molar-refractivity contribution in [3.8, 4) is 0 Å². The minimum atomic E-state index is 0.415. The maximum atomic E-state index is 4.56. The van der Waals surface area contributed by atoms with E-state index in [0.717, 1.165) is 16.8 Å². The molecule has 0 radical (unpaired) electrons. The molecular formula is C14H17BrN2S. The first-order valence-electron chi connectivity index (χ1n) is 5.99. The second-order valence-electron chi connectivity index (χ2n) is 4.62. The first-order chi connectivity index (χ1) is 8.58. The van der Waals surface area contributed by atoms with Gasteiger partial charge in [-0.15, -0.1) is 11.3 Å². The Morgan fingerprint density at radius 1 is 1.44 bits per heavy atom. The third-order valence-electron chi connectivity index (χ3n) is 2.76. The fourth-order valence-electron chi connectivity index (χ4n) is 1.81. The summed E-state index contributed by atoms with van der Waals surface area (Å²) in [5, 5.41) is 2.12. The number of hydrogen-bond acceptors (Lipinski definition) is 3. The average molecular weight is 325 g/mol. The number of rotatable bonds is 4. The minimum absolute atomic E-state index is 0.415. The molecule has 2 nitrogen and oxygen atoms in total. The molecule has 0 N–H and O–H groups in total. The molecule has 0 aromatic carbocycles. The molecule has 4 heteroatoms. The van der Waals surface area contributed by atoms with Crippen LogP contribution in [-0.4, -0.2) is 11.0 Å². The van der Waals surface area contributed by atoms with E-state index in [1.54, 1.807) is 11.3 Å². The van der Waals surface area contributed by atoms with Crippen molar-refractivity contribution in [1.29, 1.82) is 0 Å². The number of hydrogen-bond donors (Lipinski definition) is 0. The molecule has 0 saturated heterocycles. The van der Waals surface area contributed by atoms with Crippen molar-refractivity contribution in [2.24, 2.45) is 0 Å². The lowest BCUT2D eigenvalue weighted by Gasteiger charge is -2.28. The van der Waals surface area contributed by atoms with Gasteiger partial charge in [-0.3, -0.25) is 0 Å². The van der Waals surface area contributed by atoms with Gasteiger partial charge in [0.25, 0.3) is 0 Å². The molecule has 2 heterocycles. The second kappa shape index (κ2) is 5.85. The van der Waals surface area contributed by atoms with Crippen LogP contribution in [0.1, 0.15) is 24.3 Å². The van der Waals surface area contributed by atoms with Crippen LogP contribution < -0.4 is 4.90 Å². The van der Waals surface area contributed by atoms with E-state index in [2.05, 4.69) is 70.2 Å². The summed E-state index contributed by atoms with van der Waals surface area (Å²) in [4.78, 5) is 8.24. The van der Waals surface area contributed by atoms with Crippen LogP contribution in [0.5, 0.6) is 0 Å². The quantitative estimate of drug-likeness (QED) is 0.815. The molecule has 2 aromatic rings. The minimum Gasteiger partial charge on any atom is -0.348 e. The van der Waals surface area contributed by atoms with Crippen molar-refractivity contribution < 1.29 is 0 Å². The molecule has 0 aliphatic rings. The Kier molecular flexibility index (Phi) is 4.40. The van der Waals surface area contributed by atoms with Crippen LogP contribution in [0.4, 0.5) is 5.82 Å². The van der Waals surface area contributed by atoms with E-state index in [4.69, 9.17) is 0 Å². The van der Waals surface area contributed by atoms with E-state index in [1.807, 2.05) is 6.20 Å². The zero-order valence-corrected chi connectivity index (χ0v) is 13.3. The third kappa shape index (κ3) is 3.12. The summed E-state index contributed by atoms with van der Waals surface area (Å²) in [6.45, 7) is 7.35. The number of thiophene rings is 1. The molecule has 0 aliphatic carbocycles. The van der Waals surface area contributed by atoms with Crippen LogP contribution in [-0.2, 0) is 6.54 Å². The van der Waals surface area contributed by atoms with Crippen LogP contribution in [0.25, 0.3) is 0 Å². The summed E-state index contributed by atoms with van der Waals surface area (Å²) < 4.78 is 1.06. The van der Waals surface area contributed by atoms with Gasteiger partial charge in [0.05, 0.1) is 11.0 Å². The van der Waals surface area contributed by atoms with Gasteiger partial charge in [0.2, 0.25) is 0 Å². The number of halogens is 1. The average Bonchev–Trinajstić information content (AvgIpc) is 2.79. The predicted molar refractivity (Wildman–Crippen MR) is 82.3 cm³/mol. The maximum absolute atomic E-state index is 4.56. The van der Waals surface area contributed by atoms with Crippen molar-refractivity contribution in [2.45, 2.75) is 33.4 Å². The molecule has 0 saturated carbocycles. The summed E-state index contributed by atoms with van der Waals surface area (Å²) in [6.07, 6.45) is 1.92. The maximum Gasteiger partial charge on any atom is 0.143 e. The first-order valence-corrected chi connectivity index (χ1v) is 7.66. The molecule has 0 bridgehead atoms. The molecule has 96 valence electrons. The van der Waals surface area contributed by atoms with Crippen molar-refractivity contribution in [3.63, 3.8) is 0 Å². The molecule has 0 unspecified atom stereocenters. The van der Waals surface area contributed by atoms with Crippen LogP contribution in [0.2, 0.25) is 0 Å². The SMILES string of the molecule is Cc1cnc(N(Cc2cccs2)C(C)C)c(Br)c1. The number of anilines is 1. The van der Waals surface area contributed by atoms with Crippen LogP contribution >= 0.6 is 27.3 Å². The Bertz CT molecular complexity index is 509.